The van der Waals surface area contributed by atoms with Crippen LogP contribution in [0.4, 0.5) is 5.69 Å². The van der Waals surface area contributed by atoms with Gasteiger partial charge in [0.15, 0.2) is 0 Å². The van der Waals surface area contributed by atoms with Crippen molar-refractivity contribution in [3.8, 4) is 12.3 Å². The summed E-state index contributed by atoms with van der Waals surface area (Å²) >= 11 is 0. The maximum absolute atomic E-state index is 5.38. The molecule has 2 nitrogen and oxygen atoms in total. The first-order valence-electron chi connectivity index (χ1n) is 4.58. The van der Waals surface area contributed by atoms with E-state index in [1.165, 1.54) is 12.8 Å². The van der Waals surface area contributed by atoms with E-state index in [0.717, 1.165) is 24.5 Å². The van der Waals surface area contributed by atoms with Crippen molar-refractivity contribution in [2.75, 3.05) is 18.0 Å². The highest BCUT2D eigenvalue weighted by Gasteiger charge is 2.14. The van der Waals surface area contributed by atoms with Crippen LogP contribution < -0.4 is 4.90 Å². The second-order valence-electron chi connectivity index (χ2n) is 3.21. The van der Waals surface area contributed by atoms with Crippen LogP contribution in [0.25, 0.3) is 0 Å². The van der Waals surface area contributed by atoms with Crippen molar-refractivity contribution in [2.24, 2.45) is 0 Å². The number of aromatic nitrogens is 1. The maximum atomic E-state index is 5.38. The topological polar surface area (TPSA) is 16.1 Å². The molecule has 0 atom stereocenters. The maximum Gasteiger partial charge on any atom is 0.136 e. The van der Waals surface area contributed by atoms with Gasteiger partial charge in [-0.05, 0) is 30.9 Å². The highest BCUT2D eigenvalue weighted by molar-refractivity contribution is 5.57. The summed E-state index contributed by atoms with van der Waals surface area (Å²) in [5, 5.41) is 0. The van der Waals surface area contributed by atoms with E-state index < -0.39 is 0 Å². The fraction of sp³-hybridized carbons (Fsp3) is 0.364. The second kappa shape index (κ2) is 3.49. The summed E-state index contributed by atoms with van der Waals surface area (Å²) in [5.41, 5.74) is 1.88. The zero-order chi connectivity index (χ0) is 9.10. The molecule has 2 heteroatoms. The summed E-state index contributed by atoms with van der Waals surface area (Å²) in [4.78, 5) is 6.47. The van der Waals surface area contributed by atoms with Gasteiger partial charge in [-0.2, -0.15) is 0 Å². The predicted molar refractivity (Wildman–Crippen MR) is 53.6 cm³/mol. The van der Waals surface area contributed by atoms with Crippen molar-refractivity contribution in [3.05, 3.63) is 24.0 Å². The summed E-state index contributed by atoms with van der Waals surface area (Å²) in [7, 11) is 0. The Balaban J connectivity index is 2.33. The van der Waals surface area contributed by atoms with E-state index in [1.807, 2.05) is 12.1 Å². The van der Waals surface area contributed by atoms with Gasteiger partial charge in [0.25, 0.3) is 0 Å². The van der Waals surface area contributed by atoms with Crippen molar-refractivity contribution in [2.45, 2.75) is 12.8 Å². The lowest BCUT2D eigenvalue weighted by Gasteiger charge is -2.18. The largest absolute Gasteiger partial charge is 0.369 e. The van der Waals surface area contributed by atoms with E-state index in [-0.39, 0.29) is 0 Å². The quantitative estimate of drug-likeness (QED) is 0.599. The van der Waals surface area contributed by atoms with Crippen molar-refractivity contribution in [3.63, 3.8) is 0 Å². The molecule has 1 aliphatic rings. The van der Waals surface area contributed by atoms with Gasteiger partial charge in [0.1, 0.15) is 5.69 Å². The van der Waals surface area contributed by atoms with E-state index in [4.69, 9.17) is 6.42 Å². The van der Waals surface area contributed by atoms with Crippen molar-refractivity contribution < 1.29 is 0 Å². The zero-order valence-corrected chi connectivity index (χ0v) is 7.53. The number of terminal acetylenes is 1. The van der Waals surface area contributed by atoms with Crippen LogP contribution in [-0.4, -0.2) is 18.1 Å². The van der Waals surface area contributed by atoms with Crippen LogP contribution in [-0.2, 0) is 0 Å². The first-order chi connectivity index (χ1) is 6.42. The van der Waals surface area contributed by atoms with Crippen LogP contribution >= 0.6 is 0 Å². The van der Waals surface area contributed by atoms with E-state index in [2.05, 4.69) is 15.8 Å². The van der Waals surface area contributed by atoms with Gasteiger partial charge in [-0.15, -0.1) is 6.42 Å². The lowest BCUT2D eigenvalue weighted by Crippen LogP contribution is -2.19. The second-order valence-corrected chi connectivity index (χ2v) is 3.21. The molecule has 0 radical (unpaired) electrons. The molecule has 66 valence electrons. The van der Waals surface area contributed by atoms with Crippen LogP contribution in [0.5, 0.6) is 0 Å². The van der Waals surface area contributed by atoms with Crippen LogP contribution in [0.2, 0.25) is 0 Å². The fourth-order valence-corrected chi connectivity index (χ4v) is 1.72. The average molecular weight is 172 g/mol. The Hall–Kier alpha value is -1.49. The highest BCUT2D eigenvalue weighted by Crippen LogP contribution is 2.21. The minimum Gasteiger partial charge on any atom is -0.369 e. The minimum atomic E-state index is 0.768. The molecule has 0 saturated carbocycles. The molecular weight excluding hydrogens is 160 g/mol. The summed E-state index contributed by atoms with van der Waals surface area (Å²) in [6, 6.07) is 3.99. The van der Waals surface area contributed by atoms with Gasteiger partial charge in [0.2, 0.25) is 0 Å². The van der Waals surface area contributed by atoms with Crippen LogP contribution in [0.1, 0.15) is 18.5 Å². The standard InChI is InChI=1S/C11H12N2/c1-2-10-11(6-5-7-12-10)13-8-3-4-9-13/h1,5-7H,3-4,8-9H2. The highest BCUT2D eigenvalue weighted by atomic mass is 15.1. The van der Waals surface area contributed by atoms with Crippen LogP contribution in [0.15, 0.2) is 18.3 Å². The smallest absolute Gasteiger partial charge is 0.136 e. The number of hydrogen-bond acceptors (Lipinski definition) is 2. The number of rotatable bonds is 1. The van der Waals surface area contributed by atoms with Crippen molar-refractivity contribution in [1.29, 1.82) is 0 Å². The number of hydrogen-bond donors (Lipinski definition) is 0. The molecule has 0 spiro atoms. The van der Waals surface area contributed by atoms with E-state index in [1.54, 1.807) is 6.20 Å². The molecule has 0 N–H and O–H groups in total. The number of nitrogens with zero attached hydrogens (tertiary/aromatic N) is 2. The number of pyridine rings is 1. The van der Waals surface area contributed by atoms with Gasteiger partial charge >= 0.3 is 0 Å². The molecule has 0 bridgehead atoms. The van der Waals surface area contributed by atoms with Gasteiger partial charge in [-0.25, -0.2) is 4.98 Å². The molecule has 0 aliphatic carbocycles. The first kappa shape index (κ1) is 8.12. The predicted octanol–water partition coefficient (Wildman–Crippen LogP) is 1.66. The molecule has 1 fully saturated rings. The van der Waals surface area contributed by atoms with Gasteiger partial charge < -0.3 is 4.90 Å². The van der Waals surface area contributed by atoms with Crippen molar-refractivity contribution >= 4 is 5.69 Å². The summed E-state index contributed by atoms with van der Waals surface area (Å²) < 4.78 is 0. The lowest BCUT2D eigenvalue weighted by molar-refractivity contribution is 0.949. The molecule has 1 aliphatic heterocycles. The fourth-order valence-electron chi connectivity index (χ4n) is 1.72. The number of anilines is 1. The molecule has 2 heterocycles. The monoisotopic (exact) mass is 172 g/mol. The molecule has 0 unspecified atom stereocenters. The molecule has 1 aromatic heterocycles. The first-order valence-corrected chi connectivity index (χ1v) is 4.58. The van der Waals surface area contributed by atoms with Crippen molar-refractivity contribution in [1.82, 2.24) is 4.98 Å². The molecule has 0 aromatic carbocycles. The third kappa shape index (κ3) is 1.50. The third-order valence-corrected chi connectivity index (χ3v) is 2.37. The lowest BCUT2D eigenvalue weighted by atomic mass is 10.3. The Labute approximate surface area is 78.6 Å². The Kier molecular flexibility index (Phi) is 2.18. The Morgan fingerprint density at radius 3 is 2.85 bits per heavy atom. The van der Waals surface area contributed by atoms with Gasteiger partial charge in [-0.1, -0.05) is 0 Å². The van der Waals surface area contributed by atoms with Crippen LogP contribution in [0.3, 0.4) is 0 Å². The van der Waals surface area contributed by atoms with Crippen LogP contribution in [0, 0.1) is 12.3 Å². The molecule has 1 aromatic rings. The molecule has 1 saturated heterocycles. The summed E-state index contributed by atoms with van der Waals surface area (Å²) in [6.45, 7) is 2.22. The molecular formula is C11H12N2. The SMILES string of the molecule is C#Cc1ncccc1N1CCCC1. The van der Waals surface area contributed by atoms with E-state index >= 15 is 0 Å². The normalized spacial score (nSPS) is 15.8. The summed E-state index contributed by atoms with van der Waals surface area (Å²) in [5.74, 6) is 2.62. The molecule has 2 rings (SSSR count). The van der Waals surface area contributed by atoms with Gasteiger partial charge in [0, 0.05) is 19.3 Å². The Morgan fingerprint density at radius 2 is 2.15 bits per heavy atom. The van der Waals surface area contributed by atoms with Gasteiger partial charge in [-0.3, -0.25) is 0 Å². The Bertz CT molecular complexity index is 332. The minimum absolute atomic E-state index is 0.768. The summed E-state index contributed by atoms with van der Waals surface area (Å²) in [6.07, 6.45) is 9.65. The Morgan fingerprint density at radius 1 is 1.38 bits per heavy atom. The average Bonchev–Trinajstić information content (AvgIpc) is 2.70. The third-order valence-electron chi connectivity index (χ3n) is 2.37. The molecule has 13 heavy (non-hydrogen) atoms. The van der Waals surface area contributed by atoms with Gasteiger partial charge in [0.05, 0.1) is 5.69 Å². The van der Waals surface area contributed by atoms with E-state index in [0.29, 0.717) is 0 Å². The molecule has 0 amide bonds. The van der Waals surface area contributed by atoms with E-state index in [9.17, 15) is 0 Å². The zero-order valence-electron chi connectivity index (χ0n) is 7.53.